The molecule has 2 N–H and O–H groups in total. The van der Waals surface area contributed by atoms with E-state index < -0.39 is 5.97 Å². The first-order valence-electron chi connectivity index (χ1n) is 6.11. The monoisotopic (exact) mass is 326 g/mol. The molecule has 0 bridgehead atoms. The van der Waals surface area contributed by atoms with Gasteiger partial charge in [-0.1, -0.05) is 23.8 Å². The summed E-state index contributed by atoms with van der Waals surface area (Å²) in [6.07, 6.45) is 1.85. The second-order valence-corrected chi connectivity index (χ2v) is 6.83. The lowest BCUT2D eigenvalue weighted by atomic mass is 10.3. The predicted octanol–water partition coefficient (Wildman–Crippen LogP) is 2.47. The van der Waals surface area contributed by atoms with Gasteiger partial charge in [-0.15, -0.1) is 4.73 Å². The van der Waals surface area contributed by atoms with Crippen LogP contribution in [0.1, 0.15) is 13.3 Å². The summed E-state index contributed by atoms with van der Waals surface area (Å²) in [6, 6.07) is 8.09. The second-order valence-electron chi connectivity index (χ2n) is 4.17. The SMILES string of the molecule is C[C@H](CC(=O)On1c(O)ccc1O)SSc1ccccn1. The highest BCUT2D eigenvalue weighted by Crippen LogP contribution is 2.34. The Labute approximate surface area is 129 Å². The molecule has 21 heavy (non-hydrogen) atoms. The Morgan fingerprint density at radius 3 is 2.67 bits per heavy atom. The van der Waals surface area contributed by atoms with Crippen LogP contribution in [-0.2, 0) is 4.79 Å². The van der Waals surface area contributed by atoms with E-state index in [0.29, 0.717) is 4.73 Å². The fourth-order valence-corrected chi connectivity index (χ4v) is 3.42. The standard InChI is InChI=1S/C13H14N2O4S2/c1-9(20-21-10-4-2-3-7-14-10)8-13(18)19-15-11(16)5-6-12(15)17/h2-7,9,16-17H,8H2,1H3/t9-/m1/s1. The summed E-state index contributed by atoms with van der Waals surface area (Å²) >= 11 is 0. The summed E-state index contributed by atoms with van der Waals surface area (Å²) in [5.41, 5.74) is 0. The number of aromatic nitrogens is 2. The predicted molar refractivity (Wildman–Crippen MR) is 81.1 cm³/mol. The minimum atomic E-state index is -0.543. The number of carbonyl (C=O) groups excluding carboxylic acids is 1. The van der Waals surface area contributed by atoms with E-state index in [1.807, 2.05) is 25.1 Å². The van der Waals surface area contributed by atoms with Crippen LogP contribution in [0.2, 0.25) is 0 Å². The maximum Gasteiger partial charge on any atom is 0.334 e. The lowest BCUT2D eigenvalue weighted by molar-refractivity contribution is -0.145. The first-order chi connectivity index (χ1) is 10.1. The number of hydrogen-bond donors (Lipinski definition) is 2. The zero-order valence-corrected chi connectivity index (χ0v) is 12.8. The fraction of sp³-hybridized carbons (Fsp3) is 0.231. The molecule has 6 nitrogen and oxygen atoms in total. The molecule has 2 rings (SSSR count). The molecule has 0 fully saturated rings. The van der Waals surface area contributed by atoms with Gasteiger partial charge in [-0.25, -0.2) is 9.78 Å². The van der Waals surface area contributed by atoms with E-state index >= 15 is 0 Å². The van der Waals surface area contributed by atoms with Crippen LogP contribution in [0.3, 0.4) is 0 Å². The normalized spacial score (nSPS) is 12.0. The van der Waals surface area contributed by atoms with Crippen LogP contribution in [-0.4, -0.2) is 31.1 Å². The maximum absolute atomic E-state index is 11.7. The van der Waals surface area contributed by atoms with Crippen molar-refractivity contribution in [3.05, 3.63) is 36.5 Å². The summed E-state index contributed by atoms with van der Waals surface area (Å²) in [7, 11) is 2.97. The molecule has 0 aliphatic heterocycles. The number of nitrogens with zero attached hydrogens (tertiary/aromatic N) is 2. The minimum absolute atomic E-state index is 0.00986. The second kappa shape index (κ2) is 7.28. The van der Waals surface area contributed by atoms with E-state index in [-0.39, 0.29) is 23.4 Å². The Balaban J connectivity index is 1.80. The number of hydrogen-bond acceptors (Lipinski definition) is 7. The molecule has 0 saturated carbocycles. The molecule has 0 unspecified atom stereocenters. The van der Waals surface area contributed by atoms with Crippen molar-refractivity contribution in [1.82, 2.24) is 9.71 Å². The van der Waals surface area contributed by atoms with Gasteiger partial charge in [0.25, 0.3) is 0 Å². The summed E-state index contributed by atoms with van der Waals surface area (Å²) in [5, 5.41) is 19.6. The third-order valence-corrected chi connectivity index (χ3v) is 5.17. The highest BCUT2D eigenvalue weighted by Gasteiger charge is 2.16. The fourth-order valence-electron chi connectivity index (χ4n) is 1.43. The number of aromatic hydroxyl groups is 2. The lowest BCUT2D eigenvalue weighted by Gasteiger charge is -2.10. The molecule has 112 valence electrons. The zero-order valence-electron chi connectivity index (χ0n) is 11.2. The molecule has 0 aromatic carbocycles. The summed E-state index contributed by atoms with van der Waals surface area (Å²) < 4.78 is 0.686. The molecule has 0 amide bonds. The molecule has 0 spiro atoms. The molecule has 0 aliphatic rings. The zero-order chi connectivity index (χ0) is 15.2. The first kappa shape index (κ1) is 15.6. The van der Waals surface area contributed by atoms with E-state index in [9.17, 15) is 15.0 Å². The largest absolute Gasteiger partial charge is 0.492 e. The molecule has 1 atom stereocenters. The Kier molecular flexibility index (Phi) is 5.40. The van der Waals surface area contributed by atoms with Gasteiger partial charge in [0.1, 0.15) is 5.03 Å². The van der Waals surface area contributed by atoms with Gasteiger partial charge in [0.05, 0.1) is 6.42 Å². The average Bonchev–Trinajstić information content (AvgIpc) is 2.78. The van der Waals surface area contributed by atoms with Crippen molar-refractivity contribution >= 4 is 27.6 Å². The van der Waals surface area contributed by atoms with Gasteiger partial charge in [0.15, 0.2) is 0 Å². The number of rotatable bonds is 6. The van der Waals surface area contributed by atoms with E-state index in [1.165, 1.54) is 33.7 Å². The number of carbonyl (C=O) groups is 1. The van der Waals surface area contributed by atoms with Crippen molar-refractivity contribution in [1.29, 1.82) is 0 Å². The van der Waals surface area contributed by atoms with Crippen LogP contribution in [0, 0.1) is 0 Å². The Morgan fingerprint density at radius 1 is 1.33 bits per heavy atom. The third-order valence-electron chi connectivity index (χ3n) is 2.38. The van der Waals surface area contributed by atoms with Gasteiger partial charge in [-0.05, 0) is 22.9 Å². The molecule has 2 aromatic heterocycles. The van der Waals surface area contributed by atoms with Gasteiger partial charge < -0.3 is 15.1 Å². The first-order valence-corrected chi connectivity index (χ1v) is 8.33. The smallest absolute Gasteiger partial charge is 0.334 e. The molecule has 2 aromatic rings. The van der Waals surface area contributed by atoms with Gasteiger partial charge in [0, 0.05) is 23.6 Å². The van der Waals surface area contributed by atoms with Crippen molar-refractivity contribution in [2.75, 3.05) is 0 Å². The number of pyridine rings is 1. The molecule has 2 heterocycles. The molecule has 0 saturated heterocycles. The summed E-state index contributed by atoms with van der Waals surface area (Å²) in [5.74, 6) is -1.20. The summed E-state index contributed by atoms with van der Waals surface area (Å²) in [4.78, 5) is 20.8. The Morgan fingerprint density at radius 2 is 2.05 bits per heavy atom. The van der Waals surface area contributed by atoms with E-state index in [4.69, 9.17) is 4.84 Å². The maximum atomic E-state index is 11.7. The van der Waals surface area contributed by atoms with Crippen molar-refractivity contribution in [2.24, 2.45) is 0 Å². The van der Waals surface area contributed by atoms with Crippen molar-refractivity contribution in [2.45, 2.75) is 23.6 Å². The highest BCUT2D eigenvalue weighted by atomic mass is 33.1. The van der Waals surface area contributed by atoms with Crippen molar-refractivity contribution in [3.8, 4) is 11.8 Å². The van der Waals surface area contributed by atoms with Crippen LogP contribution < -0.4 is 4.84 Å². The lowest BCUT2D eigenvalue weighted by Crippen LogP contribution is -2.21. The Hall–Kier alpha value is -1.80. The van der Waals surface area contributed by atoms with E-state index in [0.717, 1.165) is 5.03 Å². The van der Waals surface area contributed by atoms with Crippen molar-refractivity contribution in [3.63, 3.8) is 0 Å². The molecular formula is C13H14N2O4S2. The molecule has 0 aliphatic carbocycles. The average molecular weight is 326 g/mol. The van der Waals surface area contributed by atoms with Crippen molar-refractivity contribution < 1.29 is 19.8 Å². The Bertz CT molecular complexity index is 584. The molecular weight excluding hydrogens is 312 g/mol. The minimum Gasteiger partial charge on any atom is -0.492 e. The molecule has 0 radical (unpaired) electrons. The summed E-state index contributed by atoms with van der Waals surface area (Å²) in [6.45, 7) is 1.89. The highest BCUT2D eigenvalue weighted by molar-refractivity contribution is 8.76. The van der Waals surface area contributed by atoms with Crippen LogP contribution in [0.5, 0.6) is 11.8 Å². The topological polar surface area (TPSA) is 84.6 Å². The van der Waals surface area contributed by atoms with E-state index in [1.54, 1.807) is 6.20 Å². The van der Waals surface area contributed by atoms with Crippen LogP contribution in [0.4, 0.5) is 0 Å². The van der Waals surface area contributed by atoms with E-state index in [2.05, 4.69) is 4.98 Å². The quantitative estimate of drug-likeness (QED) is 0.789. The van der Waals surface area contributed by atoms with Crippen LogP contribution >= 0.6 is 21.6 Å². The van der Waals surface area contributed by atoms with Gasteiger partial charge >= 0.3 is 5.97 Å². The van der Waals surface area contributed by atoms with Crippen LogP contribution in [0.15, 0.2) is 41.6 Å². The third kappa shape index (κ3) is 4.61. The van der Waals surface area contributed by atoms with Gasteiger partial charge in [-0.3, -0.25) is 0 Å². The van der Waals surface area contributed by atoms with Crippen LogP contribution in [0.25, 0.3) is 0 Å². The van der Waals surface area contributed by atoms with Gasteiger partial charge in [0.2, 0.25) is 11.8 Å². The van der Waals surface area contributed by atoms with Gasteiger partial charge in [-0.2, -0.15) is 0 Å². The molecule has 8 heteroatoms.